The van der Waals surface area contributed by atoms with Crippen LogP contribution in [-0.2, 0) is 4.74 Å². The Morgan fingerprint density at radius 2 is 1.85 bits per heavy atom. The number of aromatic nitrogens is 2. The van der Waals surface area contributed by atoms with E-state index in [0.29, 0.717) is 40.8 Å². The minimum absolute atomic E-state index is 0.279. The van der Waals surface area contributed by atoms with Crippen LogP contribution in [0.15, 0.2) is 60.7 Å². The quantitative estimate of drug-likeness (QED) is 0.412. The number of rotatable bonds is 4. The number of nitrogens with zero attached hydrogens (tertiary/aromatic N) is 5. The maximum Gasteiger partial charge on any atom is 0.412 e. The van der Waals surface area contributed by atoms with E-state index in [1.807, 2.05) is 31.2 Å². The molecule has 5 rings (SSSR count). The summed E-state index contributed by atoms with van der Waals surface area (Å²) in [6.07, 6.45) is 2.76. The third-order valence-corrected chi connectivity index (χ3v) is 6.31. The Morgan fingerprint density at radius 3 is 2.65 bits per heavy atom. The maximum atomic E-state index is 13.3. The normalized spacial score (nSPS) is 18.6. The Morgan fingerprint density at radius 1 is 1.09 bits per heavy atom. The van der Waals surface area contributed by atoms with Crippen LogP contribution in [0.5, 0.6) is 0 Å². The lowest BCUT2D eigenvalue weighted by Gasteiger charge is -2.34. The number of amides is 2. The molecule has 0 radical (unpaired) electrons. The second-order valence-corrected chi connectivity index (χ2v) is 8.59. The summed E-state index contributed by atoms with van der Waals surface area (Å²) in [4.78, 5) is 40.6. The number of piperazine rings is 1. The molecular weight excluding hydrogens is 454 g/mol. The highest BCUT2D eigenvalue weighted by molar-refractivity contribution is 6.29. The van der Waals surface area contributed by atoms with Crippen molar-refractivity contribution >= 4 is 40.5 Å². The molecule has 2 aliphatic rings. The summed E-state index contributed by atoms with van der Waals surface area (Å²) >= 11 is 6.04. The Hall–Kier alpha value is -3.49. The van der Waals surface area contributed by atoms with Crippen LogP contribution in [0.3, 0.4) is 0 Å². The van der Waals surface area contributed by atoms with Crippen molar-refractivity contribution in [2.75, 3.05) is 37.6 Å². The predicted molar refractivity (Wildman–Crippen MR) is 130 cm³/mol. The van der Waals surface area contributed by atoms with E-state index in [9.17, 15) is 9.59 Å². The summed E-state index contributed by atoms with van der Waals surface area (Å²) in [5, 5.41) is 1.10. The Balaban J connectivity index is 1.41. The minimum atomic E-state index is -0.915. The number of pyridine rings is 2. The smallest absolute Gasteiger partial charge is 0.412 e. The van der Waals surface area contributed by atoms with Crippen molar-refractivity contribution in [2.45, 2.75) is 13.2 Å². The molecule has 2 aromatic heterocycles. The lowest BCUT2D eigenvalue weighted by Crippen LogP contribution is -2.49. The maximum absolute atomic E-state index is 13.3. The molecule has 8 nitrogen and oxygen atoms in total. The third-order valence-electron chi connectivity index (χ3n) is 6.10. The fourth-order valence-corrected chi connectivity index (χ4v) is 4.40. The van der Waals surface area contributed by atoms with Crippen LogP contribution in [0.2, 0.25) is 5.15 Å². The van der Waals surface area contributed by atoms with E-state index >= 15 is 0 Å². The van der Waals surface area contributed by atoms with Gasteiger partial charge in [0.2, 0.25) is 6.23 Å². The number of allylic oxidation sites excluding steroid dienone is 1. The van der Waals surface area contributed by atoms with Crippen LogP contribution in [0, 0.1) is 0 Å². The molecule has 0 aliphatic carbocycles. The zero-order valence-corrected chi connectivity index (χ0v) is 19.5. The van der Waals surface area contributed by atoms with Crippen molar-refractivity contribution in [2.24, 2.45) is 0 Å². The van der Waals surface area contributed by atoms with E-state index in [2.05, 4.69) is 20.9 Å². The standard InChI is InChI=1S/C25H24ClN5O3/c1-2-3-12-29-13-15-30(16-14-29)25(33)34-24-19-7-5-4-6-18(19)23(32)31(24)21-11-9-17-8-10-20(26)27-22(17)28-21/h2-11,24H,12-16H2,1H3. The average Bonchev–Trinajstić information content (AvgIpc) is 3.14. The first-order valence-electron chi connectivity index (χ1n) is 11.2. The topological polar surface area (TPSA) is 78.9 Å². The van der Waals surface area contributed by atoms with Gasteiger partial charge in [0.1, 0.15) is 11.0 Å². The Kier molecular flexibility index (Phi) is 6.17. The number of hydrogen-bond donors (Lipinski definition) is 0. The molecule has 0 saturated carbocycles. The third kappa shape index (κ3) is 4.22. The van der Waals surface area contributed by atoms with Gasteiger partial charge in [-0.25, -0.2) is 14.8 Å². The van der Waals surface area contributed by atoms with E-state index in [1.54, 1.807) is 35.2 Å². The molecule has 0 N–H and O–H groups in total. The molecule has 1 unspecified atom stereocenters. The molecule has 1 fully saturated rings. The van der Waals surface area contributed by atoms with E-state index in [0.717, 1.165) is 25.0 Å². The number of hydrogen-bond acceptors (Lipinski definition) is 6. The number of halogens is 1. The molecule has 1 saturated heterocycles. The van der Waals surface area contributed by atoms with Crippen LogP contribution in [-0.4, -0.2) is 64.5 Å². The van der Waals surface area contributed by atoms with Crippen LogP contribution >= 0.6 is 11.6 Å². The fraction of sp³-hybridized carbons (Fsp3) is 0.280. The van der Waals surface area contributed by atoms with Gasteiger partial charge in [-0.1, -0.05) is 42.0 Å². The Bertz CT molecular complexity index is 1270. The summed E-state index contributed by atoms with van der Waals surface area (Å²) in [6, 6.07) is 14.2. The highest BCUT2D eigenvalue weighted by atomic mass is 35.5. The van der Waals surface area contributed by atoms with Gasteiger partial charge in [-0.05, 0) is 37.3 Å². The van der Waals surface area contributed by atoms with Gasteiger partial charge >= 0.3 is 6.09 Å². The summed E-state index contributed by atoms with van der Waals surface area (Å²) in [5.74, 6) is 0.0656. The number of benzene rings is 1. The van der Waals surface area contributed by atoms with Gasteiger partial charge in [0, 0.05) is 49.2 Å². The molecular formula is C25H24ClN5O3. The second-order valence-electron chi connectivity index (χ2n) is 8.21. The van der Waals surface area contributed by atoms with Crippen LogP contribution in [0.4, 0.5) is 10.6 Å². The van der Waals surface area contributed by atoms with Crippen LogP contribution < -0.4 is 4.90 Å². The van der Waals surface area contributed by atoms with Gasteiger partial charge in [-0.2, -0.15) is 0 Å². The van der Waals surface area contributed by atoms with E-state index in [4.69, 9.17) is 16.3 Å². The molecule has 2 aliphatic heterocycles. The van der Waals surface area contributed by atoms with Crippen molar-refractivity contribution in [1.29, 1.82) is 0 Å². The summed E-state index contributed by atoms with van der Waals surface area (Å²) in [5.41, 5.74) is 1.53. The van der Waals surface area contributed by atoms with Crippen molar-refractivity contribution in [3.8, 4) is 0 Å². The molecule has 1 aromatic carbocycles. The number of anilines is 1. The molecule has 34 heavy (non-hydrogen) atoms. The lowest BCUT2D eigenvalue weighted by molar-refractivity contribution is 0.0472. The second kappa shape index (κ2) is 9.40. The van der Waals surface area contributed by atoms with Gasteiger partial charge in [-0.15, -0.1) is 0 Å². The lowest BCUT2D eigenvalue weighted by atomic mass is 10.1. The van der Waals surface area contributed by atoms with Crippen molar-refractivity contribution in [3.05, 3.63) is 77.0 Å². The van der Waals surface area contributed by atoms with Gasteiger partial charge in [-0.3, -0.25) is 14.6 Å². The highest BCUT2D eigenvalue weighted by Gasteiger charge is 2.42. The molecule has 3 aromatic rings. The summed E-state index contributed by atoms with van der Waals surface area (Å²) in [6.45, 7) is 5.52. The molecule has 0 spiro atoms. The fourth-order valence-electron chi connectivity index (χ4n) is 4.26. The largest absolute Gasteiger partial charge is 0.420 e. The number of carbonyl (C=O) groups excluding carboxylic acids is 2. The monoisotopic (exact) mass is 477 g/mol. The highest BCUT2D eigenvalue weighted by Crippen LogP contribution is 2.38. The van der Waals surface area contributed by atoms with Gasteiger partial charge in [0.05, 0.1) is 0 Å². The zero-order valence-electron chi connectivity index (χ0n) is 18.7. The average molecular weight is 478 g/mol. The van der Waals surface area contributed by atoms with E-state index < -0.39 is 12.3 Å². The Labute approximate surface area is 202 Å². The first kappa shape index (κ1) is 22.3. The minimum Gasteiger partial charge on any atom is -0.420 e. The van der Waals surface area contributed by atoms with Crippen molar-refractivity contribution in [1.82, 2.24) is 19.8 Å². The summed E-state index contributed by atoms with van der Waals surface area (Å²) in [7, 11) is 0. The molecule has 0 bridgehead atoms. The van der Waals surface area contributed by atoms with Gasteiger partial charge in [0.15, 0.2) is 5.65 Å². The van der Waals surface area contributed by atoms with E-state index in [1.165, 1.54) is 4.90 Å². The number of ether oxygens (including phenoxy) is 1. The van der Waals surface area contributed by atoms with Crippen LogP contribution in [0.1, 0.15) is 29.1 Å². The molecule has 2 amide bonds. The first-order chi connectivity index (χ1) is 16.5. The summed E-state index contributed by atoms with van der Waals surface area (Å²) < 4.78 is 5.94. The number of carbonyl (C=O) groups is 2. The first-order valence-corrected chi connectivity index (χ1v) is 11.6. The SMILES string of the molecule is CC=CCN1CCN(C(=O)OC2c3ccccc3C(=O)N2c2ccc3ccc(Cl)nc3n2)CC1. The zero-order chi connectivity index (χ0) is 23.7. The number of fused-ring (bicyclic) bond motifs is 2. The van der Waals surface area contributed by atoms with E-state index in [-0.39, 0.29) is 5.91 Å². The van der Waals surface area contributed by atoms with Crippen molar-refractivity contribution in [3.63, 3.8) is 0 Å². The predicted octanol–water partition coefficient (Wildman–Crippen LogP) is 4.27. The van der Waals surface area contributed by atoms with Gasteiger partial charge < -0.3 is 9.64 Å². The molecule has 174 valence electrons. The van der Waals surface area contributed by atoms with Gasteiger partial charge in [0.25, 0.3) is 5.91 Å². The molecule has 1 atom stereocenters. The van der Waals surface area contributed by atoms with Crippen LogP contribution in [0.25, 0.3) is 11.0 Å². The molecule has 4 heterocycles. The van der Waals surface area contributed by atoms with Crippen molar-refractivity contribution < 1.29 is 14.3 Å². The molecule has 9 heteroatoms.